The van der Waals surface area contributed by atoms with Crippen molar-refractivity contribution >= 4 is 23.1 Å². The summed E-state index contributed by atoms with van der Waals surface area (Å²) in [5.41, 5.74) is 8.32. The third-order valence-corrected chi connectivity index (χ3v) is 4.40. The number of hydrogen-bond acceptors (Lipinski definition) is 4. The van der Waals surface area contributed by atoms with E-state index < -0.39 is 0 Å². The van der Waals surface area contributed by atoms with E-state index in [1.54, 1.807) is 22.4 Å². The van der Waals surface area contributed by atoms with E-state index in [9.17, 15) is 4.79 Å². The molecule has 108 valence electrons. The molecule has 0 saturated heterocycles. The van der Waals surface area contributed by atoms with Gasteiger partial charge in [0.2, 0.25) is 0 Å². The second-order valence-corrected chi connectivity index (χ2v) is 5.94. The summed E-state index contributed by atoms with van der Waals surface area (Å²) in [7, 11) is 0. The van der Waals surface area contributed by atoms with Crippen molar-refractivity contribution in [3.8, 4) is 0 Å². The molecule has 0 atom stereocenters. The molecule has 6 heteroatoms. The van der Waals surface area contributed by atoms with Crippen molar-refractivity contribution in [2.24, 2.45) is 0 Å². The Balaban J connectivity index is 1.74. The van der Waals surface area contributed by atoms with Crippen LogP contribution < -0.4 is 11.4 Å². The highest BCUT2D eigenvalue weighted by Gasteiger charge is 2.06. The van der Waals surface area contributed by atoms with Gasteiger partial charge in [0.15, 0.2) is 5.65 Å². The van der Waals surface area contributed by atoms with Gasteiger partial charge < -0.3 is 5.73 Å². The van der Waals surface area contributed by atoms with E-state index in [1.807, 2.05) is 36.4 Å². The number of rotatable bonds is 4. The van der Waals surface area contributed by atoms with Crippen molar-refractivity contribution in [3.05, 3.63) is 58.6 Å². The van der Waals surface area contributed by atoms with Gasteiger partial charge in [0, 0.05) is 22.5 Å². The fourth-order valence-corrected chi connectivity index (χ4v) is 3.13. The summed E-state index contributed by atoms with van der Waals surface area (Å²) in [5, 5.41) is 4.31. The summed E-state index contributed by atoms with van der Waals surface area (Å²) in [6.45, 7) is 2.62. The smallest absolute Gasteiger partial charge is 0.350 e. The molecule has 0 unspecified atom stereocenters. The minimum absolute atomic E-state index is 0.101. The van der Waals surface area contributed by atoms with Gasteiger partial charge >= 0.3 is 5.69 Å². The van der Waals surface area contributed by atoms with Crippen molar-refractivity contribution in [3.63, 3.8) is 0 Å². The van der Waals surface area contributed by atoms with E-state index in [1.165, 1.54) is 10.2 Å². The Morgan fingerprint density at radius 3 is 2.95 bits per heavy atom. The van der Waals surface area contributed by atoms with Gasteiger partial charge in [-0.15, -0.1) is 16.9 Å². The zero-order chi connectivity index (χ0) is 14.8. The molecular formula is C15H16N4OS. The van der Waals surface area contributed by atoms with Crippen LogP contribution in [-0.2, 0) is 6.54 Å². The molecule has 3 rings (SSSR count). The van der Waals surface area contributed by atoms with Crippen LogP contribution >= 0.6 is 11.8 Å². The first-order valence-electron chi connectivity index (χ1n) is 6.68. The first-order chi connectivity index (χ1) is 10.1. The number of anilines is 1. The van der Waals surface area contributed by atoms with Gasteiger partial charge in [0.25, 0.3) is 0 Å². The molecule has 21 heavy (non-hydrogen) atoms. The SMILES string of the molecule is Cc1ccc(N)cc1SCCn1nc2ccccn2c1=O. The fraction of sp³-hybridized carbons (Fsp3) is 0.200. The molecule has 0 radical (unpaired) electrons. The summed E-state index contributed by atoms with van der Waals surface area (Å²) in [6.07, 6.45) is 1.73. The van der Waals surface area contributed by atoms with Crippen LogP contribution in [0.25, 0.3) is 5.65 Å². The number of nitrogens with zero attached hydrogens (tertiary/aromatic N) is 3. The molecule has 0 spiro atoms. The lowest BCUT2D eigenvalue weighted by atomic mass is 10.2. The summed E-state index contributed by atoms with van der Waals surface area (Å²) in [6, 6.07) is 11.4. The molecule has 2 heterocycles. The number of aromatic nitrogens is 3. The van der Waals surface area contributed by atoms with Gasteiger partial charge in [0.1, 0.15) is 0 Å². The lowest BCUT2D eigenvalue weighted by molar-refractivity contribution is 0.639. The van der Waals surface area contributed by atoms with Gasteiger partial charge in [-0.2, -0.15) is 0 Å². The average molecular weight is 300 g/mol. The quantitative estimate of drug-likeness (QED) is 0.592. The van der Waals surface area contributed by atoms with Gasteiger partial charge in [-0.1, -0.05) is 12.1 Å². The summed E-state index contributed by atoms with van der Waals surface area (Å²) < 4.78 is 3.06. The van der Waals surface area contributed by atoms with Crippen LogP contribution in [0.15, 0.2) is 52.3 Å². The minimum atomic E-state index is -0.101. The Morgan fingerprint density at radius 1 is 1.29 bits per heavy atom. The van der Waals surface area contributed by atoms with Crippen LogP contribution in [-0.4, -0.2) is 19.9 Å². The van der Waals surface area contributed by atoms with Crippen molar-refractivity contribution < 1.29 is 0 Å². The van der Waals surface area contributed by atoms with E-state index in [0.717, 1.165) is 16.3 Å². The van der Waals surface area contributed by atoms with Crippen LogP contribution in [0.1, 0.15) is 5.56 Å². The van der Waals surface area contributed by atoms with Crippen LogP contribution in [0.5, 0.6) is 0 Å². The normalized spacial score (nSPS) is 11.1. The number of aryl methyl sites for hydroxylation is 2. The van der Waals surface area contributed by atoms with E-state index >= 15 is 0 Å². The second-order valence-electron chi connectivity index (χ2n) is 4.81. The number of nitrogens with two attached hydrogens (primary N) is 1. The van der Waals surface area contributed by atoms with Crippen LogP contribution in [0.3, 0.4) is 0 Å². The molecule has 0 aliphatic carbocycles. The lowest BCUT2D eigenvalue weighted by Crippen LogP contribution is -2.21. The second kappa shape index (κ2) is 5.65. The largest absolute Gasteiger partial charge is 0.399 e. The Hall–Kier alpha value is -2.21. The predicted octanol–water partition coefficient (Wildman–Crippen LogP) is 2.18. The molecule has 5 nitrogen and oxygen atoms in total. The maximum Gasteiger partial charge on any atom is 0.350 e. The molecule has 0 saturated carbocycles. The van der Waals surface area contributed by atoms with E-state index in [4.69, 9.17) is 5.73 Å². The Labute approximate surface area is 126 Å². The van der Waals surface area contributed by atoms with Crippen molar-refractivity contribution in [1.82, 2.24) is 14.2 Å². The lowest BCUT2D eigenvalue weighted by Gasteiger charge is -2.06. The van der Waals surface area contributed by atoms with Gasteiger partial charge in [-0.25, -0.2) is 9.48 Å². The number of pyridine rings is 1. The van der Waals surface area contributed by atoms with Gasteiger partial charge in [-0.05, 0) is 36.8 Å². The number of hydrogen-bond donors (Lipinski definition) is 1. The van der Waals surface area contributed by atoms with E-state index in [0.29, 0.717) is 12.2 Å². The zero-order valence-electron chi connectivity index (χ0n) is 11.7. The topological polar surface area (TPSA) is 65.3 Å². The van der Waals surface area contributed by atoms with Crippen molar-refractivity contribution in [2.75, 3.05) is 11.5 Å². The first-order valence-corrected chi connectivity index (χ1v) is 7.67. The van der Waals surface area contributed by atoms with Crippen molar-refractivity contribution in [2.45, 2.75) is 18.4 Å². The molecule has 0 aliphatic rings. The average Bonchev–Trinajstić information content (AvgIpc) is 2.80. The maximum atomic E-state index is 12.1. The number of fused-ring (bicyclic) bond motifs is 1. The highest BCUT2D eigenvalue weighted by molar-refractivity contribution is 7.99. The Bertz CT molecular complexity index is 837. The summed E-state index contributed by atoms with van der Waals surface area (Å²) in [4.78, 5) is 13.3. The third kappa shape index (κ3) is 2.80. The molecule has 2 aromatic heterocycles. The molecule has 1 aromatic carbocycles. The molecule has 0 bridgehead atoms. The van der Waals surface area contributed by atoms with E-state index in [2.05, 4.69) is 12.0 Å². The molecule has 2 N–H and O–H groups in total. The molecule has 0 aliphatic heterocycles. The Kier molecular flexibility index (Phi) is 3.70. The van der Waals surface area contributed by atoms with Crippen LogP contribution in [0.2, 0.25) is 0 Å². The van der Waals surface area contributed by atoms with Crippen LogP contribution in [0.4, 0.5) is 5.69 Å². The predicted molar refractivity (Wildman–Crippen MR) is 85.8 cm³/mol. The third-order valence-electron chi connectivity index (χ3n) is 3.26. The highest BCUT2D eigenvalue weighted by Crippen LogP contribution is 2.24. The van der Waals surface area contributed by atoms with Crippen molar-refractivity contribution in [1.29, 1.82) is 0 Å². The summed E-state index contributed by atoms with van der Waals surface area (Å²) in [5.74, 6) is 0.772. The monoisotopic (exact) mass is 300 g/mol. The number of thioether (sulfide) groups is 1. The molecule has 0 fully saturated rings. The molecule has 3 aromatic rings. The molecule has 0 amide bonds. The Morgan fingerprint density at radius 2 is 2.14 bits per heavy atom. The first kappa shape index (κ1) is 13.8. The summed E-state index contributed by atoms with van der Waals surface area (Å²) >= 11 is 1.69. The standard InChI is InChI=1S/C15H16N4OS/c1-11-5-6-12(16)10-13(11)21-9-8-19-15(20)18-7-3-2-4-14(18)17-19/h2-7,10H,8-9,16H2,1H3. The van der Waals surface area contributed by atoms with Crippen LogP contribution in [0, 0.1) is 6.92 Å². The van der Waals surface area contributed by atoms with Gasteiger partial charge in [0.05, 0.1) is 6.54 Å². The number of nitrogen functional groups attached to an aromatic ring is 1. The zero-order valence-corrected chi connectivity index (χ0v) is 12.5. The number of benzene rings is 1. The molecular weight excluding hydrogens is 284 g/mol. The highest BCUT2D eigenvalue weighted by atomic mass is 32.2. The van der Waals surface area contributed by atoms with Gasteiger partial charge in [-0.3, -0.25) is 4.40 Å². The minimum Gasteiger partial charge on any atom is -0.399 e. The van der Waals surface area contributed by atoms with E-state index in [-0.39, 0.29) is 5.69 Å². The maximum absolute atomic E-state index is 12.1. The fourth-order valence-electron chi connectivity index (χ4n) is 2.13.